The normalized spacial score (nSPS) is 20.5. The monoisotopic (exact) mass is 419 g/mol. The maximum atomic E-state index is 13.8. The van der Waals surface area contributed by atoms with Crippen LogP contribution in [0.4, 0.5) is 8.78 Å². The molecule has 30 heavy (non-hydrogen) atoms. The topological polar surface area (TPSA) is 101 Å². The average Bonchev–Trinajstić information content (AvgIpc) is 2.73. The van der Waals surface area contributed by atoms with Crippen molar-refractivity contribution in [1.82, 2.24) is 14.8 Å². The van der Waals surface area contributed by atoms with Gasteiger partial charge in [-0.15, -0.1) is 0 Å². The second kappa shape index (κ2) is 7.52. The van der Waals surface area contributed by atoms with E-state index in [-0.39, 0.29) is 17.8 Å². The number of benzene rings is 1. The number of nitrogens with one attached hydrogen (secondary N) is 1. The van der Waals surface area contributed by atoms with Crippen molar-refractivity contribution in [2.24, 2.45) is 0 Å². The number of halogens is 2. The molecule has 0 bridgehead atoms. The molecule has 2 atom stereocenters. The quantitative estimate of drug-likeness (QED) is 0.786. The van der Waals surface area contributed by atoms with Gasteiger partial charge in [0.2, 0.25) is 5.43 Å². The first kappa shape index (κ1) is 20.0. The number of carbonyl (C=O) groups is 2. The Labute approximate surface area is 169 Å². The largest absolute Gasteiger partial charge is 0.503 e. The Morgan fingerprint density at radius 3 is 2.83 bits per heavy atom. The average molecular weight is 419 g/mol. The minimum atomic E-state index is -1.00. The minimum Gasteiger partial charge on any atom is -0.503 e. The number of rotatable bonds is 3. The molecule has 0 radical (unpaired) electrons. The Morgan fingerprint density at radius 1 is 1.33 bits per heavy atom. The molecule has 2 aliphatic rings. The smallest absolute Gasteiger partial charge is 0.276 e. The summed E-state index contributed by atoms with van der Waals surface area (Å²) in [6, 6.07) is 2.46. The molecule has 8 nitrogen and oxygen atoms in total. The summed E-state index contributed by atoms with van der Waals surface area (Å²) < 4.78 is 33.8. The number of hydrogen-bond donors (Lipinski definition) is 2. The number of aromatic hydroxyl groups is 1. The van der Waals surface area contributed by atoms with Gasteiger partial charge in [-0.1, -0.05) is 6.07 Å². The molecular formula is C20H19F2N3O5. The second-order valence-electron chi connectivity index (χ2n) is 7.25. The predicted octanol–water partition coefficient (Wildman–Crippen LogP) is 1.53. The summed E-state index contributed by atoms with van der Waals surface area (Å²) in [5, 5.41) is 12.8. The molecule has 158 valence electrons. The number of hydrogen-bond acceptors (Lipinski definition) is 5. The van der Waals surface area contributed by atoms with Crippen LogP contribution >= 0.6 is 0 Å². The van der Waals surface area contributed by atoms with Gasteiger partial charge in [0.15, 0.2) is 17.7 Å². The van der Waals surface area contributed by atoms with Crippen molar-refractivity contribution in [3.63, 3.8) is 0 Å². The Kier molecular flexibility index (Phi) is 5.02. The van der Waals surface area contributed by atoms with Gasteiger partial charge in [0, 0.05) is 30.9 Å². The highest BCUT2D eigenvalue weighted by Gasteiger charge is 2.42. The molecule has 2 unspecified atom stereocenters. The number of ether oxygens (including phenoxy) is 1. The molecule has 3 heterocycles. The predicted molar refractivity (Wildman–Crippen MR) is 100.0 cm³/mol. The molecule has 10 heteroatoms. The summed E-state index contributed by atoms with van der Waals surface area (Å²) in [6.45, 7) is 2.36. The van der Waals surface area contributed by atoms with E-state index >= 15 is 0 Å². The van der Waals surface area contributed by atoms with Crippen LogP contribution < -0.4 is 10.7 Å². The van der Waals surface area contributed by atoms with Crippen molar-refractivity contribution < 1.29 is 28.2 Å². The van der Waals surface area contributed by atoms with E-state index in [0.29, 0.717) is 25.6 Å². The maximum Gasteiger partial charge on any atom is 0.276 e. The molecular weight excluding hydrogens is 400 g/mol. The van der Waals surface area contributed by atoms with Gasteiger partial charge in [-0.3, -0.25) is 14.4 Å². The molecule has 2 aromatic rings. The summed E-state index contributed by atoms with van der Waals surface area (Å²) in [5.41, 5.74) is -1.57. The van der Waals surface area contributed by atoms with Crippen LogP contribution in [-0.4, -0.2) is 45.8 Å². The molecule has 1 saturated heterocycles. The minimum absolute atomic E-state index is 0.0295. The van der Waals surface area contributed by atoms with Gasteiger partial charge in [0.05, 0.1) is 12.6 Å². The lowest BCUT2D eigenvalue weighted by Crippen LogP contribution is -2.55. The molecule has 0 aliphatic carbocycles. The van der Waals surface area contributed by atoms with Crippen LogP contribution in [0.15, 0.2) is 29.2 Å². The van der Waals surface area contributed by atoms with E-state index in [0.717, 1.165) is 6.07 Å². The van der Waals surface area contributed by atoms with E-state index in [2.05, 4.69) is 5.32 Å². The highest BCUT2D eigenvalue weighted by Crippen LogP contribution is 2.33. The van der Waals surface area contributed by atoms with Crippen LogP contribution in [0.2, 0.25) is 0 Å². The first-order valence-electron chi connectivity index (χ1n) is 9.42. The van der Waals surface area contributed by atoms with Crippen molar-refractivity contribution in [2.75, 3.05) is 13.2 Å². The van der Waals surface area contributed by atoms with Crippen LogP contribution in [0.1, 0.15) is 45.8 Å². The zero-order valence-electron chi connectivity index (χ0n) is 16.0. The fourth-order valence-electron chi connectivity index (χ4n) is 3.80. The van der Waals surface area contributed by atoms with Crippen LogP contribution in [-0.2, 0) is 11.3 Å². The van der Waals surface area contributed by atoms with Crippen LogP contribution in [0.5, 0.6) is 5.75 Å². The van der Waals surface area contributed by atoms with E-state index in [1.807, 2.05) is 0 Å². The molecule has 0 saturated carbocycles. The van der Waals surface area contributed by atoms with Gasteiger partial charge >= 0.3 is 0 Å². The number of carbonyl (C=O) groups excluding carboxylic acids is 2. The van der Waals surface area contributed by atoms with Crippen molar-refractivity contribution >= 4 is 11.8 Å². The first-order valence-corrected chi connectivity index (χ1v) is 9.42. The Bertz CT molecular complexity index is 1100. The lowest BCUT2D eigenvalue weighted by Gasteiger charge is -2.44. The highest BCUT2D eigenvalue weighted by molar-refractivity contribution is 5.99. The SMILES string of the molecule is CC1C2OCCCN2C(=O)c2c(O)c(=O)c(C(=O)NCc3ccc(F)cc3F)cn21. The maximum absolute atomic E-state index is 13.8. The summed E-state index contributed by atoms with van der Waals surface area (Å²) in [5.74, 6) is -3.82. The van der Waals surface area contributed by atoms with Crippen molar-refractivity contribution in [1.29, 1.82) is 0 Å². The zero-order valence-corrected chi connectivity index (χ0v) is 16.0. The molecule has 2 amide bonds. The summed E-state index contributed by atoms with van der Waals surface area (Å²) in [4.78, 5) is 39.4. The van der Waals surface area contributed by atoms with E-state index in [4.69, 9.17) is 4.74 Å². The van der Waals surface area contributed by atoms with Gasteiger partial charge < -0.3 is 24.6 Å². The molecule has 0 spiro atoms. The van der Waals surface area contributed by atoms with Crippen LogP contribution in [0, 0.1) is 11.6 Å². The number of pyridine rings is 1. The van der Waals surface area contributed by atoms with E-state index in [1.165, 1.54) is 21.7 Å². The highest BCUT2D eigenvalue weighted by atomic mass is 19.1. The molecule has 1 aromatic heterocycles. The molecule has 2 aliphatic heterocycles. The zero-order chi connectivity index (χ0) is 21.6. The van der Waals surface area contributed by atoms with Gasteiger partial charge in [-0.25, -0.2) is 8.78 Å². The molecule has 1 fully saturated rings. The van der Waals surface area contributed by atoms with Crippen molar-refractivity contribution in [3.8, 4) is 5.75 Å². The molecule has 4 rings (SSSR count). The van der Waals surface area contributed by atoms with Gasteiger partial charge in [0.25, 0.3) is 11.8 Å². The van der Waals surface area contributed by atoms with Gasteiger partial charge in [0.1, 0.15) is 17.2 Å². The Morgan fingerprint density at radius 2 is 2.10 bits per heavy atom. The van der Waals surface area contributed by atoms with E-state index in [9.17, 15) is 28.3 Å². The molecule has 1 aromatic carbocycles. The molecule has 2 N–H and O–H groups in total. The van der Waals surface area contributed by atoms with Crippen molar-refractivity contribution in [2.45, 2.75) is 32.2 Å². The Balaban J connectivity index is 1.66. The summed E-state index contributed by atoms with van der Waals surface area (Å²) in [6.07, 6.45) is 1.26. The summed E-state index contributed by atoms with van der Waals surface area (Å²) in [7, 11) is 0. The fraction of sp³-hybridized carbons (Fsp3) is 0.350. The number of nitrogens with zero attached hydrogens (tertiary/aromatic N) is 2. The first-order chi connectivity index (χ1) is 14.3. The third-order valence-corrected chi connectivity index (χ3v) is 5.36. The number of fused-ring (bicyclic) bond motifs is 2. The third kappa shape index (κ3) is 3.22. The third-order valence-electron chi connectivity index (χ3n) is 5.36. The van der Waals surface area contributed by atoms with Crippen molar-refractivity contribution in [3.05, 3.63) is 63.1 Å². The lowest BCUT2D eigenvalue weighted by atomic mass is 10.1. The number of amides is 2. The summed E-state index contributed by atoms with van der Waals surface area (Å²) >= 11 is 0. The van der Waals surface area contributed by atoms with E-state index in [1.54, 1.807) is 6.92 Å². The Hall–Kier alpha value is -3.27. The standard InChI is InChI=1S/C20H19F2N3O5/c1-10-20-24(5-2-6-30-20)19(29)15-17(27)16(26)13(9-25(10)15)18(28)23-8-11-3-4-12(21)7-14(11)22/h3-4,7,9-10,20,27H,2,5-6,8H2,1H3,(H,23,28). The van der Waals surface area contributed by atoms with Crippen LogP contribution in [0.3, 0.4) is 0 Å². The van der Waals surface area contributed by atoms with Gasteiger partial charge in [-0.2, -0.15) is 0 Å². The second-order valence-corrected chi connectivity index (χ2v) is 7.25. The van der Waals surface area contributed by atoms with Crippen LogP contribution in [0.25, 0.3) is 0 Å². The number of aromatic nitrogens is 1. The fourth-order valence-corrected chi connectivity index (χ4v) is 3.80. The lowest BCUT2D eigenvalue weighted by molar-refractivity contribution is -0.108. The van der Waals surface area contributed by atoms with Gasteiger partial charge in [-0.05, 0) is 19.4 Å². The van der Waals surface area contributed by atoms with E-state index < -0.39 is 52.5 Å².